The maximum Gasteiger partial charge on any atom is 0.255 e. The molecule has 0 atom stereocenters. The van der Waals surface area contributed by atoms with Crippen molar-refractivity contribution in [1.82, 2.24) is 0 Å². The summed E-state index contributed by atoms with van der Waals surface area (Å²) >= 11 is 5.26. The first kappa shape index (κ1) is 11.9. The molecular weight excluding hydrogens is 243 g/mol. The monoisotopic (exact) mass is 252 g/mol. The van der Waals surface area contributed by atoms with Gasteiger partial charge in [-0.2, -0.15) is 0 Å². The van der Waals surface area contributed by atoms with Gasteiger partial charge in [-0.3, -0.25) is 4.79 Å². The zero-order chi connectivity index (χ0) is 12.3. The lowest BCUT2D eigenvalue weighted by Gasteiger charge is -2.11. The highest BCUT2D eigenvalue weighted by molar-refractivity contribution is 6.67. The SMILES string of the molecule is O=C(Cl)c1cccc(OC2=CCCC=C2)c1F. The van der Waals surface area contributed by atoms with Crippen LogP contribution in [0.4, 0.5) is 4.39 Å². The highest BCUT2D eigenvalue weighted by Crippen LogP contribution is 2.24. The van der Waals surface area contributed by atoms with Gasteiger partial charge in [-0.05, 0) is 48.7 Å². The Balaban J connectivity index is 2.27. The van der Waals surface area contributed by atoms with E-state index in [4.69, 9.17) is 16.3 Å². The molecule has 2 rings (SSSR count). The molecule has 4 heteroatoms. The number of hydrogen-bond acceptors (Lipinski definition) is 2. The molecule has 88 valence electrons. The van der Waals surface area contributed by atoms with Crippen LogP contribution in [0.3, 0.4) is 0 Å². The smallest absolute Gasteiger partial charge is 0.255 e. The van der Waals surface area contributed by atoms with Crippen molar-refractivity contribution in [2.45, 2.75) is 12.8 Å². The van der Waals surface area contributed by atoms with Gasteiger partial charge >= 0.3 is 0 Å². The van der Waals surface area contributed by atoms with Gasteiger partial charge < -0.3 is 4.74 Å². The van der Waals surface area contributed by atoms with Gasteiger partial charge in [0.05, 0.1) is 5.56 Å². The molecule has 0 N–H and O–H groups in total. The predicted octanol–water partition coefficient (Wildman–Crippen LogP) is 3.82. The van der Waals surface area contributed by atoms with Gasteiger partial charge in [-0.25, -0.2) is 4.39 Å². The van der Waals surface area contributed by atoms with Crippen LogP contribution in [0.15, 0.2) is 42.2 Å². The van der Waals surface area contributed by atoms with Crippen LogP contribution in [-0.4, -0.2) is 5.24 Å². The molecular formula is C13H10ClFO2. The van der Waals surface area contributed by atoms with E-state index >= 15 is 0 Å². The molecule has 0 fully saturated rings. The van der Waals surface area contributed by atoms with Crippen molar-refractivity contribution >= 4 is 16.8 Å². The molecule has 0 heterocycles. The van der Waals surface area contributed by atoms with Gasteiger partial charge in [-0.1, -0.05) is 12.1 Å². The van der Waals surface area contributed by atoms with Crippen molar-refractivity contribution in [3.8, 4) is 5.75 Å². The van der Waals surface area contributed by atoms with E-state index in [0.29, 0.717) is 5.76 Å². The van der Waals surface area contributed by atoms with Crippen LogP contribution >= 0.6 is 11.6 Å². The number of ether oxygens (including phenoxy) is 1. The zero-order valence-corrected chi connectivity index (χ0v) is 9.71. The number of rotatable bonds is 3. The van der Waals surface area contributed by atoms with Crippen molar-refractivity contribution in [3.63, 3.8) is 0 Å². The summed E-state index contributed by atoms with van der Waals surface area (Å²) < 4.78 is 19.2. The van der Waals surface area contributed by atoms with E-state index < -0.39 is 11.1 Å². The fourth-order valence-corrected chi connectivity index (χ4v) is 1.68. The number of carbonyl (C=O) groups is 1. The van der Waals surface area contributed by atoms with E-state index in [2.05, 4.69) is 0 Å². The molecule has 17 heavy (non-hydrogen) atoms. The Morgan fingerprint density at radius 3 is 2.82 bits per heavy atom. The lowest BCUT2D eigenvalue weighted by molar-refractivity contribution is 0.107. The van der Waals surface area contributed by atoms with Crippen LogP contribution in [-0.2, 0) is 0 Å². The summed E-state index contributed by atoms with van der Waals surface area (Å²) in [5, 5.41) is -0.832. The predicted molar refractivity (Wildman–Crippen MR) is 63.7 cm³/mol. The molecule has 0 saturated carbocycles. The van der Waals surface area contributed by atoms with E-state index in [1.807, 2.05) is 12.2 Å². The van der Waals surface area contributed by atoms with Crippen molar-refractivity contribution in [3.05, 3.63) is 53.6 Å². The highest BCUT2D eigenvalue weighted by atomic mass is 35.5. The van der Waals surface area contributed by atoms with Crippen LogP contribution < -0.4 is 4.74 Å². The summed E-state index contributed by atoms with van der Waals surface area (Å²) in [5.41, 5.74) is -0.176. The Kier molecular flexibility index (Phi) is 3.59. The molecule has 1 aliphatic rings. The maximum absolute atomic E-state index is 13.8. The van der Waals surface area contributed by atoms with Crippen LogP contribution in [0.2, 0.25) is 0 Å². The van der Waals surface area contributed by atoms with E-state index in [-0.39, 0.29) is 11.3 Å². The van der Waals surface area contributed by atoms with Gasteiger partial charge in [-0.15, -0.1) is 0 Å². The summed E-state index contributed by atoms with van der Waals surface area (Å²) in [6, 6.07) is 4.31. The molecule has 0 aliphatic heterocycles. The molecule has 1 aromatic rings. The van der Waals surface area contributed by atoms with E-state index in [0.717, 1.165) is 12.8 Å². The second kappa shape index (κ2) is 5.15. The minimum atomic E-state index is -0.832. The first-order valence-corrected chi connectivity index (χ1v) is 5.59. The molecule has 0 amide bonds. The minimum absolute atomic E-state index is 0.00861. The topological polar surface area (TPSA) is 26.3 Å². The third kappa shape index (κ3) is 2.74. The average molecular weight is 253 g/mol. The molecule has 0 aromatic heterocycles. The van der Waals surface area contributed by atoms with Crippen molar-refractivity contribution < 1.29 is 13.9 Å². The molecule has 0 spiro atoms. The van der Waals surface area contributed by atoms with E-state index in [9.17, 15) is 9.18 Å². The van der Waals surface area contributed by atoms with Gasteiger partial charge in [0.2, 0.25) is 0 Å². The van der Waals surface area contributed by atoms with Crippen LogP contribution in [0.1, 0.15) is 23.2 Å². The van der Waals surface area contributed by atoms with Crippen LogP contribution in [0, 0.1) is 5.82 Å². The molecule has 0 unspecified atom stereocenters. The standard InChI is InChI=1S/C13H10ClFO2/c14-13(16)10-7-4-8-11(12(10)15)17-9-5-2-1-3-6-9/h2,4-8H,1,3H2. The van der Waals surface area contributed by atoms with E-state index in [1.54, 1.807) is 6.08 Å². The Bertz CT molecular complexity index is 506. The Morgan fingerprint density at radius 1 is 1.35 bits per heavy atom. The summed E-state index contributed by atoms with van der Waals surface area (Å²) in [6.07, 6.45) is 7.41. The maximum atomic E-state index is 13.8. The number of hydrogen-bond donors (Lipinski definition) is 0. The largest absolute Gasteiger partial charge is 0.455 e. The molecule has 1 aromatic carbocycles. The highest BCUT2D eigenvalue weighted by Gasteiger charge is 2.14. The van der Waals surface area contributed by atoms with Crippen LogP contribution in [0.5, 0.6) is 5.75 Å². The minimum Gasteiger partial charge on any atom is -0.455 e. The van der Waals surface area contributed by atoms with Crippen LogP contribution in [0.25, 0.3) is 0 Å². The van der Waals surface area contributed by atoms with Crippen molar-refractivity contribution in [2.75, 3.05) is 0 Å². The van der Waals surface area contributed by atoms with Gasteiger partial charge in [0, 0.05) is 0 Å². The lowest BCUT2D eigenvalue weighted by Crippen LogP contribution is -2.01. The normalized spacial score (nSPS) is 14.4. The van der Waals surface area contributed by atoms with Crippen molar-refractivity contribution in [1.29, 1.82) is 0 Å². The first-order chi connectivity index (χ1) is 8.18. The number of halogens is 2. The summed E-state index contributed by atoms with van der Waals surface area (Å²) in [6.45, 7) is 0. The Morgan fingerprint density at radius 2 is 2.18 bits per heavy atom. The summed E-state index contributed by atoms with van der Waals surface area (Å²) in [5.74, 6) is -0.143. The molecule has 2 nitrogen and oxygen atoms in total. The third-order valence-electron chi connectivity index (χ3n) is 2.36. The van der Waals surface area contributed by atoms with Gasteiger partial charge in [0.1, 0.15) is 5.76 Å². The van der Waals surface area contributed by atoms with Gasteiger partial charge in [0.25, 0.3) is 5.24 Å². The quantitative estimate of drug-likeness (QED) is 0.765. The fourth-order valence-electron chi connectivity index (χ4n) is 1.53. The summed E-state index contributed by atoms with van der Waals surface area (Å²) in [4.78, 5) is 11.0. The number of benzene rings is 1. The third-order valence-corrected chi connectivity index (χ3v) is 2.57. The average Bonchev–Trinajstić information content (AvgIpc) is 2.33. The molecule has 0 saturated heterocycles. The second-order valence-corrected chi connectivity index (χ2v) is 3.92. The molecule has 1 aliphatic carbocycles. The van der Waals surface area contributed by atoms with Gasteiger partial charge in [0.15, 0.2) is 11.6 Å². The zero-order valence-electron chi connectivity index (χ0n) is 8.95. The lowest BCUT2D eigenvalue weighted by atomic mass is 10.2. The first-order valence-electron chi connectivity index (χ1n) is 5.21. The molecule has 0 radical (unpaired) electrons. The number of allylic oxidation sites excluding steroid dienone is 3. The Labute approximate surface area is 103 Å². The number of carbonyl (C=O) groups excluding carboxylic acids is 1. The second-order valence-electron chi connectivity index (χ2n) is 3.58. The fraction of sp³-hybridized carbons (Fsp3) is 0.154. The molecule has 0 bridgehead atoms. The summed E-state index contributed by atoms with van der Waals surface area (Å²) in [7, 11) is 0. The Hall–Kier alpha value is -1.61. The van der Waals surface area contributed by atoms with Crippen molar-refractivity contribution in [2.24, 2.45) is 0 Å². The van der Waals surface area contributed by atoms with E-state index in [1.165, 1.54) is 18.2 Å².